The van der Waals surface area contributed by atoms with E-state index in [0.717, 1.165) is 24.0 Å². The van der Waals surface area contributed by atoms with E-state index in [-0.39, 0.29) is 24.3 Å². The van der Waals surface area contributed by atoms with Crippen LogP contribution in [0.25, 0.3) is 0 Å². The SMILES string of the molecule is NS(=O)(=O)OC[C@@H]1CC[C@H](Nc2ncncc2C(=O)c2cc(Cc3cccc(Cl)c3)cs2)C1. The van der Waals surface area contributed by atoms with Gasteiger partial charge in [0.1, 0.15) is 12.1 Å². The maximum Gasteiger partial charge on any atom is 0.333 e. The fourth-order valence-corrected chi connectivity index (χ4v) is 5.42. The Morgan fingerprint density at radius 2 is 2.12 bits per heavy atom. The van der Waals surface area contributed by atoms with Gasteiger partial charge in [-0.2, -0.15) is 8.42 Å². The van der Waals surface area contributed by atoms with Gasteiger partial charge >= 0.3 is 10.3 Å². The second-order valence-electron chi connectivity index (χ2n) is 8.04. The average Bonchev–Trinajstić information content (AvgIpc) is 3.41. The Balaban J connectivity index is 1.42. The highest BCUT2D eigenvalue weighted by atomic mass is 35.5. The van der Waals surface area contributed by atoms with Gasteiger partial charge in [0, 0.05) is 17.3 Å². The molecule has 1 saturated carbocycles. The van der Waals surface area contributed by atoms with Crippen molar-refractivity contribution in [2.24, 2.45) is 11.1 Å². The number of halogens is 1. The predicted molar refractivity (Wildman–Crippen MR) is 128 cm³/mol. The van der Waals surface area contributed by atoms with Gasteiger partial charge in [-0.3, -0.25) is 8.98 Å². The Labute approximate surface area is 201 Å². The van der Waals surface area contributed by atoms with Crippen LogP contribution in [-0.4, -0.2) is 36.8 Å². The second kappa shape index (κ2) is 10.3. The summed E-state index contributed by atoms with van der Waals surface area (Å²) in [5.74, 6) is 0.388. The van der Waals surface area contributed by atoms with Crippen molar-refractivity contribution in [2.45, 2.75) is 31.7 Å². The van der Waals surface area contributed by atoms with E-state index in [9.17, 15) is 13.2 Å². The summed E-state index contributed by atoms with van der Waals surface area (Å²) >= 11 is 7.45. The molecule has 0 amide bonds. The van der Waals surface area contributed by atoms with Crippen molar-refractivity contribution < 1.29 is 17.4 Å². The van der Waals surface area contributed by atoms with E-state index in [1.54, 1.807) is 0 Å². The van der Waals surface area contributed by atoms with Crippen molar-refractivity contribution in [1.82, 2.24) is 9.97 Å². The van der Waals surface area contributed by atoms with Crippen LogP contribution in [0.2, 0.25) is 5.02 Å². The number of rotatable bonds is 9. The summed E-state index contributed by atoms with van der Waals surface area (Å²) < 4.78 is 26.7. The molecule has 0 radical (unpaired) electrons. The summed E-state index contributed by atoms with van der Waals surface area (Å²) in [5.41, 5.74) is 2.51. The van der Waals surface area contributed by atoms with Gasteiger partial charge in [0.15, 0.2) is 0 Å². The van der Waals surface area contributed by atoms with E-state index < -0.39 is 10.3 Å². The van der Waals surface area contributed by atoms with E-state index in [1.807, 2.05) is 35.7 Å². The highest BCUT2D eigenvalue weighted by molar-refractivity contribution is 7.84. The minimum atomic E-state index is -3.95. The number of anilines is 1. The lowest BCUT2D eigenvalue weighted by molar-refractivity contribution is 0.104. The summed E-state index contributed by atoms with van der Waals surface area (Å²) in [5, 5.41) is 10.9. The molecule has 0 aliphatic heterocycles. The van der Waals surface area contributed by atoms with Crippen LogP contribution in [0.5, 0.6) is 0 Å². The molecule has 0 unspecified atom stereocenters. The lowest BCUT2D eigenvalue weighted by Crippen LogP contribution is -2.22. The van der Waals surface area contributed by atoms with Crippen LogP contribution in [-0.2, 0) is 20.9 Å². The minimum absolute atomic E-state index is 0.0438. The molecule has 3 aromatic rings. The quantitative estimate of drug-likeness (QED) is 0.423. The number of ketones is 1. The van der Waals surface area contributed by atoms with Gasteiger partial charge < -0.3 is 5.32 Å². The standard InChI is InChI=1S/C22H23ClN4O4S2/c23-17-3-1-2-14(7-17)6-16-9-20(32-12-16)21(28)19-10-25-13-26-22(19)27-18-5-4-15(8-18)11-31-33(24,29)30/h1-3,7,9-10,12-13,15,18H,4-6,8,11H2,(H2,24,29,30)(H,25,26,27)/t15-,18+/m1/s1. The molecule has 1 aromatic carbocycles. The molecule has 0 spiro atoms. The van der Waals surface area contributed by atoms with E-state index in [1.165, 1.54) is 23.9 Å². The zero-order valence-corrected chi connectivity index (χ0v) is 20.0. The summed E-state index contributed by atoms with van der Waals surface area (Å²) in [6.07, 6.45) is 5.89. The first kappa shape index (κ1) is 23.8. The summed E-state index contributed by atoms with van der Waals surface area (Å²) in [4.78, 5) is 22.1. The van der Waals surface area contributed by atoms with Gasteiger partial charge in [-0.25, -0.2) is 15.1 Å². The lowest BCUT2D eigenvalue weighted by atomic mass is 10.1. The second-order valence-corrected chi connectivity index (χ2v) is 10.6. The number of nitrogens with two attached hydrogens (primary N) is 1. The maximum atomic E-state index is 13.2. The molecule has 33 heavy (non-hydrogen) atoms. The van der Waals surface area contributed by atoms with Crippen LogP contribution in [0.3, 0.4) is 0 Å². The van der Waals surface area contributed by atoms with E-state index in [4.69, 9.17) is 20.9 Å². The van der Waals surface area contributed by atoms with Crippen molar-refractivity contribution in [3.05, 3.63) is 74.8 Å². The zero-order chi connectivity index (χ0) is 23.4. The number of hydrogen-bond donors (Lipinski definition) is 2. The number of nitrogens with one attached hydrogen (secondary N) is 1. The fourth-order valence-electron chi connectivity index (χ4n) is 3.96. The van der Waals surface area contributed by atoms with Crippen molar-refractivity contribution in [1.29, 1.82) is 0 Å². The van der Waals surface area contributed by atoms with Gasteiger partial charge in [-0.1, -0.05) is 23.7 Å². The zero-order valence-electron chi connectivity index (χ0n) is 17.6. The topological polar surface area (TPSA) is 124 Å². The molecule has 0 saturated heterocycles. The Morgan fingerprint density at radius 3 is 2.91 bits per heavy atom. The molecular formula is C22H23ClN4O4S2. The largest absolute Gasteiger partial charge is 0.367 e. The van der Waals surface area contributed by atoms with Crippen LogP contribution in [0.1, 0.15) is 45.6 Å². The van der Waals surface area contributed by atoms with Crippen LogP contribution in [0.4, 0.5) is 5.82 Å². The van der Waals surface area contributed by atoms with E-state index in [0.29, 0.717) is 34.1 Å². The van der Waals surface area contributed by atoms with E-state index >= 15 is 0 Å². The third-order valence-corrected chi connectivity index (χ3v) is 7.16. The van der Waals surface area contributed by atoms with Gasteiger partial charge in [-0.05, 0) is 66.3 Å². The Bertz CT molecular complexity index is 1250. The van der Waals surface area contributed by atoms with Crippen LogP contribution < -0.4 is 10.5 Å². The molecule has 1 fully saturated rings. The van der Waals surface area contributed by atoms with E-state index in [2.05, 4.69) is 15.3 Å². The van der Waals surface area contributed by atoms with Crippen LogP contribution in [0.15, 0.2) is 48.2 Å². The number of carbonyl (C=O) groups excluding carboxylic acids is 1. The number of thiophene rings is 1. The van der Waals surface area contributed by atoms with Gasteiger partial charge in [0.25, 0.3) is 0 Å². The monoisotopic (exact) mass is 506 g/mol. The number of aromatic nitrogens is 2. The maximum absolute atomic E-state index is 13.2. The molecule has 1 aliphatic carbocycles. The first-order valence-electron chi connectivity index (χ1n) is 10.4. The number of hydrogen-bond acceptors (Lipinski definition) is 8. The fraction of sp³-hybridized carbons (Fsp3) is 0.318. The van der Waals surface area contributed by atoms with Crippen LogP contribution in [0, 0.1) is 5.92 Å². The highest BCUT2D eigenvalue weighted by Gasteiger charge is 2.28. The summed E-state index contributed by atoms with van der Waals surface area (Å²) in [6.45, 7) is 0.0528. The third kappa shape index (κ3) is 6.58. The molecule has 174 valence electrons. The molecule has 3 N–H and O–H groups in total. The average molecular weight is 507 g/mol. The molecule has 2 aromatic heterocycles. The molecule has 11 heteroatoms. The predicted octanol–water partition coefficient (Wildman–Crippen LogP) is 3.81. The van der Waals surface area contributed by atoms with Gasteiger partial charge in [-0.15, -0.1) is 11.3 Å². The molecule has 8 nitrogen and oxygen atoms in total. The Kier molecular flexibility index (Phi) is 7.40. The molecular weight excluding hydrogens is 484 g/mol. The third-order valence-electron chi connectivity index (χ3n) is 5.48. The molecule has 2 atom stereocenters. The first-order chi connectivity index (χ1) is 15.8. The molecule has 0 bridgehead atoms. The van der Waals surface area contributed by atoms with Crippen molar-refractivity contribution in [2.75, 3.05) is 11.9 Å². The lowest BCUT2D eigenvalue weighted by Gasteiger charge is -2.15. The minimum Gasteiger partial charge on any atom is -0.367 e. The van der Waals surface area contributed by atoms with Crippen molar-refractivity contribution in [3.63, 3.8) is 0 Å². The normalized spacial score (nSPS) is 18.4. The van der Waals surface area contributed by atoms with Crippen molar-refractivity contribution in [3.8, 4) is 0 Å². The molecule has 1 aliphatic rings. The number of nitrogens with zero attached hydrogens (tertiary/aromatic N) is 2. The summed E-state index contributed by atoms with van der Waals surface area (Å²) in [6, 6.07) is 9.59. The Morgan fingerprint density at radius 1 is 1.27 bits per heavy atom. The number of benzene rings is 1. The molecule has 2 heterocycles. The van der Waals surface area contributed by atoms with Crippen molar-refractivity contribution >= 4 is 44.8 Å². The summed E-state index contributed by atoms with van der Waals surface area (Å²) in [7, 11) is -3.95. The highest BCUT2D eigenvalue weighted by Crippen LogP contribution is 2.30. The first-order valence-corrected chi connectivity index (χ1v) is 13.1. The number of carbonyl (C=O) groups is 1. The Hall–Kier alpha value is -2.37. The van der Waals surface area contributed by atoms with Crippen LogP contribution >= 0.6 is 22.9 Å². The van der Waals surface area contributed by atoms with Gasteiger partial charge in [0.05, 0.1) is 17.0 Å². The molecule has 4 rings (SSSR count). The van der Waals surface area contributed by atoms with Gasteiger partial charge in [0.2, 0.25) is 5.78 Å². The smallest absolute Gasteiger partial charge is 0.333 e.